The highest BCUT2D eigenvalue weighted by molar-refractivity contribution is 5.57. The first-order valence-corrected chi connectivity index (χ1v) is 6.40. The third-order valence-electron chi connectivity index (χ3n) is 3.62. The fourth-order valence-electron chi connectivity index (χ4n) is 2.60. The van der Waals surface area contributed by atoms with E-state index in [1.807, 2.05) is 12.1 Å². The molecule has 0 amide bonds. The third kappa shape index (κ3) is 2.53. The lowest BCUT2D eigenvalue weighted by atomic mass is 9.98. The van der Waals surface area contributed by atoms with Crippen molar-refractivity contribution in [1.29, 1.82) is 0 Å². The van der Waals surface area contributed by atoms with Crippen molar-refractivity contribution in [2.75, 3.05) is 25.7 Å². The topological polar surface area (TPSA) is 47.7 Å². The molecule has 1 fully saturated rings. The van der Waals surface area contributed by atoms with Crippen LogP contribution >= 0.6 is 0 Å². The fourth-order valence-corrected chi connectivity index (χ4v) is 2.60. The average Bonchev–Trinajstić information content (AvgIpc) is 2.38. The quantitative estimate of drug-likeness (QED) is 0.891. The zero-order chi connectivity index (χ0) is 13.1. The number of nitrogens with zero attached hydrogens (tertiary/aromatic N) is 1. The summed E-state index contributed by atoms with van der Waals surface area (Å²) in [6.45, 7) is 3.22. The van der Waals surface area contributed by atoms with E-state index in [2.05, 4.69) is 17.9 Å². The normalized spacial score (nSPS) is 23.9. The first-order chi connectivity index (χ1) is 8.65. The van der Waals surface area contributed by atoms with Crippen molar-refractivity contribution in [3.8, 4) is 11.5 Å². The van der Waals surface area contributed by atoms with E-state index in [0.717, 1.165) is 30.9 Å². The Balaban J connectivity index is 2.23. The summed E-state index contributed by atoms with van der Waals surface area (Å²) in [7, 11) is 3.32. The lowest BCUT2D eigenvalue weighted by Crippen LogP contribution is -2.45. The van der Waals surface area contributed by atoms with Crippen molar-refractivity contribution in [2.45, 2.75) is 31.8 Å². The molecule has 1 aliphatic rings. The van der Waals surface area contributed by atoms with E-state index in [1.54, 1.807) is 14.2 Å². The molecule has 0 bridgehead atoms. The molecule has 0 spiro atoms. The zero-order valence-electron chi connectivity index (χ0n) is 11.3. The van der Waals surface area contributed by atoms with Crippen LogP contribution in [0.2, 0.25) is 0 Å². The molecule has 1 aromatic rings. The van der Waals surface area contributed by atoms with Crippen LogP contribution < -0.4 is 20.1 Å². The summed E-state index contributed by atoms with van der Waals surface area (Å²) in [4.78, 5) is 2.38. The van der Waals surface area contributed by atoms with E-state index < -0.39 is 0 Å². The van der Waals surface area contributed by atoms with Crippen molar-refractivity contribution in [1.82, 2.24) is 0 Å². The Morgan fingerprint density at radius 1 is 1.22 bits per heavy atom. The van der Waals surface area contributed by atoms with Gasteiger partial charge in [-0.05, 0) is 31.9 Å². The highest BCUT2D eigenvalue weighted by Crippen LogP contribution is 2.33. The van der Waals surface area contributed by atoms with E-state index >= 15 is 0 Å². The maximum Gasteiger partial charge on any atom is 0.162 e. The van der Waals surface area contributed by atoms with E-state index in [0.29, 0.717) is 12.1 Å². The van der Waals surface area contributed by atoms with Crippen LogP contribution in [-0.2, 0) is 0 Å². The molecule has 1 aliphatic heterocycles. The standard InChI is InChI=1S/C14H22N2O2/c1-10-8-11(15)6-7-16(10)12-4-5-13(17-2)14(9-12)18-3/h4-5,9-11H,6-8,15H2,1-3H3. The summed E-state index contributed by atoms with van der Waals surface area (Å²) in [5.74, 6) is 1.54. The SMILES string of the molecule is COc1ccc(N2CCC(N)CC2C)cc1OC. The molecule has 2 atom stereocenters. The van der Waals surface area contributed by atoms with Gasteiger partial charge in [0.05, 0.1) is 14.2 Å². The monoisotopic (exact) mass is 250 g/mol. The highest BCUT2D eigenvalue weighted by Gasteiger charge is 2.23. The highest BCUT2D eigenvalue weighted by atomic mass is 16.5. The molecule has 1 saturated heterocycles. The van der Waals surface area contributed by atoms with Gasteiger partial charge in [-0.3, -0.25) is 0 Å². The molecule has 2 unspecified atom stereocenters. The molecule has 0 aliphatic carbocycles. The fraction of sp³-hybridized carbons (Fsp3) is 0.571. The molecule has 2 N–H and O–H groups in total. The predicted octanol–water partition coefficient (Wildman–Crippen LogP) is 2.02. The summed E-state index contributed by atoms with van der Waals surface area (Å²) < 4.78 is 10.6. The summed E-state index contributed by atoms with van der Waals surface area (Å²) in [6.07, 6.45) is 2.08. The third-order valence-corrected chi connectivity index (χ3v) is 3.62. The smallest absolute Gasteiger partial charge is 0.162 e. The van der Waals surface area contributed by atoms with Crippen LogP contribution in [0, 0.1) is 0 Å². The van der Waals surface area contributed by atoms with E-state index in [9.17, 15) is 0 Å². The minimum Gasteiger partial charge on any atom is -0.493 e. The first kappa shape index (κ1) is 13.0. The number of hydrogen-bond donors (Lipinski definition) is 1. The van der Waals surface area contributed by atoms with E-state index in [1.165, 1.54) is 5.69 Å². The Labute approximate surface area is 109 Å². The van der Waals surface area contributed by atoms with Crippen molar-refractivity contribution in [3.05, 3.63) is 18.2 Å². The second kappa shape index (κ2) is 5.48. The number of hydrogen-bond acceptors (Lipinski definition) is 4. The molecule has 0 radical (unpaired) electrons. The molecule has 0 saturated carbocycles. The second-order valence-corrected chi connectivity index (χ2v) is 4.87. The van der Waals surface area contributed by atoms with Crippen LogP contribution in [0.3, 0.4) is 0 Å². The summed E-state index contributed by atoms with van der Waals surface area (Å²) in [6, 6.07) is 6.86. The summed E-state index contributed by atoms with van der Waals surface area (Å²) in [5, 5.41) is 0. The van der Waals surface area contributed by atoms with Gasteiger partial charge in [0.1, 0.15) is 0 Å². The maximum absolute atomic E-state index is 6.00. The second-order valence-electron chi connectivity index (χ2n) is 4.87. The Bertz CT molecular complexity index is 409. The molecule has 1 heterocycles. The molecule has 0 aromatic heterocycles. The van der Waals surface area contributed by atoms with Crippen molar-refractivity contribution in [2.24, 2.45) is 5.73 Å². The molecule has 18 heavy (non-hydrogen) atoms. The van der Waals surface area contributed by atoms with Gasteiger partial charge < -0.3 is 20.1 Å². The Hall–Kier alpha value is -1.42. The van der Waals surface area contributed by atoms with Gasteiger partial charge in [0.2, 0.25) is 0 Å². The van der Waals surface area contributed by atoms with E-state index in [4.69, 9.17) is 15.2 Å². The summed E-state index contributed by atoms with van der Waals surface area (Å²) >= 11 is 0. The average molecular weight is 250 g/mol. The van der Waals surface area contributed by atoms with Crippen molar-refractivity contribution in [3.63, 3.8) is 0 Å². The Kier molecular flexibility index (Phi) is 3.97. The number of benzene rings is 1. The number of methoxy groups -OCH3 is 2. The van der Waals surface area contributed by atoms with Crippen LogP contribution in [0.25, 0.3) is 0 Å². The lowest BCUT2D eigenvalue weighted by molar-refractivity contribution is 0.354. The zero-order valence-corrected chi connectivity index (χ0v) is 11.3. The van der Waals surface area contributed by atoms with Crippen LogP contribution in [0.15, 0.2) is 18.2 Å². The first-order valence-electron chi connectivity index (χ1n) is 6.40. The summed E-state index contributed by atoms with van der Waals surface area (Å²) in [5.41, 5.74) is 7.17. The molecular formula is C14H22N2O2. The molecule has 4 heteroatoms. The van der Waals surface area contributed by atoms with E-state index in [-0.39, 0.29) is 0 Å². The minimum atomic E-state index is 0.330. The number of rotatable bonds is 3. The molecule has 1 aromatic carbocycles. The van der Waals surface area contributed by atoms with Crippen LogP contribution in [0.1, 0.15) is 19.8 Å². The van der Waals surface area contributed by atoms with Gasteiger partial charge in [-0.1, -0.05) is 0 Å². The van der Waals surface area contributed by atoms with Gasteiger partial charge >= 0.3 is 0 Å². The van der Waals surface area contributed by atoms with Crippen molar-refractivity contribution < 1.29 is 9.47 Å². The predicted molar refractivity (Wildman–Crippen MR) is 73.6 cm³/mol. The van der Waals surface area contributed by atoms with Crippen LogP contribution in [-0.4, -0.2) is 32.8 Å². The lowest BCUT2D eigenvalue weighted by Gasteiger charge is -2.38. The van der Waals surface area contributed by atoms with Gasteiger partial charge in [0.15, 0.2) is 11.5 Å². The molecule has 2 rings (SSSR count). The van der Waals surface area contributed by atoms with Crippen molar-refractivity contribution >= 4 is 5.69 Å². The molecule has 4 nitrogen and oxygen atoms in total. The number of anilines is 1. The molecular weight excluding hydrogens is 228 g/mol. The van der Waals surface area contributed by atoms with Gasteiger partial charge in [-0.15, -0.1) is 0 Å². The van der Waals surface area contributed by atoms with Gasteiger partial charge in [0.25, 0.3) is 0 Å². The maximum atomic E-state index is 6.00. The number of piperidine rings is 1. The Morgan fingerprint density at radius 3 is 2.56 bits per heavy atom. The van der Waals surface area contributed by atoms with Crippen LogP contribution in [0.4, 0.5) is 5.69 Å². The van der Waals surface area contributed by atoms with Crippen LogP contribution in [0.5, 0.6) is 11.5 Å². The number of ether oxygens (including phenoxy) is 2. The van der Waals surface area contributed by atoms with Gasteiger partial charge in [-0.2, -0.15) is 0 Å². The Morgan fingerprint density at radius 2 is 1.94 bits per heavy atom. The molecule has 100 valence electrons. The number of nitrogens with two attached hydrogens (primary N) is 1. The van der Waals surface area contributed by atoms with Gasteiger partial charge in [0, 0.05) is 30.4 Å². The minimum absolute atomic E-state index is 0.330. The van der Waals surface area contributed by atoms with Gasteiger partial charge in [-0.25, -0.2) is 0 Å². The largest absolute Gasteiger partial charge is 0.493 e.